The summed E-state index contributed by atoms with van der Waals surface area (Å²) in [7, 11) is -0.0559. The van der Waals surface area contributed by atoms with Crippen LogP contribution in [0.15, 0.2) is 27.6 Å². The summed E-state index contributed by atoms with van der Waals surface area (Å²) in [6.07, 6.45) is 2.26. The van der Waals surface area contributed by atoms with E-state index in [1.54, 1.807) is 30.9 Å². The first kappa shape index (κ1) is 31.9. The Morgan fingerprint density at radius 3 is 2.58 bits per heavy atom. The first-order valence-corrected chi connectivity index (χ1v) is 15.3. The normalized spacial score (nSPS) is 22.4. The average Bonchev–Trinajstić information content (AvgIpc) is 3.23. The molecule has 1 aliphatic rings. The number of aliphatic hydroxyl groups is 1. The largest absolute Gasteiger partial charge is 0.490 e. The van der Waals surface area contributed by atoms with E-state index in [9.17, 15) is 18.3 Å². The molecule has 1 amide bonds. The number of nitrogens with one attached hydrogen (secondary N) is 1. The van der Waals surface area contributed by atoms with Crippen molar-refractivity contribution < 1.29 is 32.3 Å². The summed E-state index contributed by atoms with van der Waals surface area (Å²) >= 11 is 0. The fourth-order valence-corrected chi connectivity index (χ4v) is 6.25. The molecule has 12 heteroatoms. The van der Waals surface area contributed by atoms with E-state index in [-0.39, 0.29) is 58.2 Å². The summed E-state index contributed by atoms with van der Waals surface area (Å²) in [5.74, 6) is 0.129. The Kier molecular flexibility index (Phi) is 11.0. The standard InChI is InChI=1S/C28H44N4O7S/c1-18-15-32(19(2)17-33)28(34)24-14-23(30-40(35,36)27-21(4)29-39-22(27)5)11-12-25(24)38-20(3)10-8-9-13-37-26(18)16-31(6)7/h11-12,14,18-20,26,30,33H,8-10,13,15-17H2,1-7H3/t18-,19+,20+,26+/m0/s1. The summed E-state index contributed by atoms with van der Waals surface area (Å²) in [4.78, 5) is 17.8. The first-order chi connectivity index (χ1) is 18.8. The van der Waals surface area contributed by atoms with E-state index in [1.165, 1.54) is 13.0 Å². The van der Waals surface area contributed by atoms with Gasteiger partial charge in [-0.1, -0.05) is 12.1 Å². The topological polar surface area (TPSA) is 134 Å². The van der Waals surface area contributed by atoms with Crippen LogP contribution in [0, 0.1) is 19.8 Å². The predicted molar refractivity (Wildman–Crippen MR) is 152 cm³/mol. The second-order valence-electron chi connectivity index (χ2n) is 11.0. The monoisotopic (exact) mass is 580 g/mol. The third-order valence-electron chi connectivity index (χ3n) is 7.09. The average molecular weight is 581 g/mol. The van der Waals surface area contributed by atoms with Crippen molar-refractivity contribution in [1.82, 2.24) is 15.0 Å². The smallest absolute Gasteiger partial charge is 0.267 e. The third kappa shape index (κ3) is 7.96. The number of rotatable bonds is 7. The Bertz CT molecular complexity index is 1230. The second-order valence-corrected chi connectivity index (χ2v) is 12.7. The zero-order valence-corrected chi connectivity index (χ0v) is 25.5. The van der Waals surface area contributed by atoms with Gasteiger partial charge in [-0.25, -0.2) is 8.42 Å². The quantitative estimate of drug-likeness (QED) is 0.505. The van der Waals surface area contributed by atoms with Crippen LogP contribution < -0.4 is 9.46 Å². The number of sulfonamides is 1. The predicted octanol–water partition coefficient (Wildman–Crippen LogP) is 3.45. The number of ether oxygens (including phenoxy) is 2. The van der Waals surface area contributed by atoms with Gasteiger partial charge in [0.2, 0.25) is 0 Å². The van der Waals surface area contributed by atoms with E-state index in [1.807, 2.05) is 27.9 Å². The van der Waals surface area contributed by atoms with Crippen molar-refractivity contribution in [3.05, 3.63) is 35.2 Å². The molecule has 0 radical (unpaired) electrons. The van der Waals surface area contributed by atoms with E-state index in [0.29, 0.717) is 25.4 Å². The van der Waals surface area contributed by atoms with Crippen molar-refractivity contribution in [2.24, 2.45) is 5.92 Å². The zero-order valence-electron chi connectivity index (χ0n) is 24.6. The van der Waals surface area contributed by atoms with Crippen molar-refractivity contribution in [3.63, 3.8) is 0 Å². The number of anilines is 1. The fourth-order valence-electron chi connectivity index (χ4n) is 4.87. The minimum atomic E-state index is -4.03. The van der Waals surface area contributed by atoms with Crippen LogP contribution in [0.5, 0.6) is 5.75 Å². The van der Waals surface area contributed by atoms with Crippen molar-refractivity contribution >= 4 is 21.6 Å². The van der Waals surface area contributed by atoms with Crippen LogP contribution in [0.1, 0.15) is 61.8 Å². The maximum Gasteiger partial charge on any atom is 0.267 e. The molecule has 0 saturated heterocycles. The van der Waals surface area contributed by atoms with Crippen LogP contribution in [-0.2, 0) is 14.8 Å². The number of aryl methyl sites for hydroxylation is 2. The molecule has 0 fully saturated rings. The number of carbonyl (C=O) groups is 1. The van der Waals surface area contributed by atoms with Crippen molar-refractivity contribution in [3.8, 4) is 5.75 Å². The van der Waals surface area contributed by atoms with Gasteiger partial charge in [0.05, 0.1) is 30.4 Å². The Morgan fingerprint density at radius 2 is 1.95 bits per heavy atom. The van der Waals surface area contributed by atoms with Crippen LogP contribution in [0.3, 0.4) is 0 Å². The lowest BCUT2D eigenvalue weighted by Gasteiger charge is -2.35. The summed E-state index contributed by atoms with van der Waals surface area (Å²) in [5, 5.41) is 13.8. The van der Waals surface area contributed by atoms with Crippen LogP contribution in [-0.4, -0.2) is 93.0 Å². The van der Waals surface area contributed by atoms with E-state index in [2.05, 4.69) is 14.8 Å². The minimum Gasteiger partial charge on any atom is -0.490 e. The van der Waals surface area contributed by atoms with Gasteiger partial charge in [0.15, 0.2) is 10.7 Å². The SMILES string of the molecule is Cc1noc(C)c1S(=O)(=O)Nc1ccc2c(c1)C(=O)N([C@H](C)CO)C[C@H](C)[C@@H](CN(C)C)OCCCC[C@@H](C)O2. The highest BCUT2D eigenvalue weighted by atomic mass is 32.2. The third-order valence-corrected chi connectivity index (χ3v) is 8.71. The molecule has 0 spiro atoms. The number of benzene rings is 1. The summed E-state index contributed by atoms with van der Waals surface area (Å²) in [5.41, 5.74) is 0.645. The van der Waals surface area contributed by atoms with Gasteiger partial charge in [0.25, 0.3) is 15.9 Å². The molecule has 0 bridgehead atoms. The lowest BCUT2D eigenvalue weighted by Crippen LogP contribution is -2.47. The lowest BCUT2D eigenvalue weighted by molar-refractivity contribution is -0.0137. The van der Waals surface area contributed by atoms with Gasteiger partial charge in [0.1, 0.15) is 11.4 Å². The highest BCUT2D eigenvalue weighted by molar-refractivity contribution is 7.92. The van der Waals surface area contributed by atoms with E-state index < -0.39 is 16.1 Å². The van der Waals surface area contributed by atoms with Crippen LogP contribution in [0.25, 0.3) is 0 Å². The molecule has 11 nitrogen and oxygen atoms in total. The molecule has 1 aliphatic heterocycles. The lowest BCUT2D eigenvalue weighted by atomic mass is 10.0. The van der Waals surface area contributed by atoms with E-state index in [0.717, 1.165) is 19.3 Å². The van der Waals surface area contributed by atoms with E-state index >= 15 is 0 Å². The van der Waals surface area contributed by atoms with Crippen molar-refractivity contribution in [1.29, 1.82) is 0 Å². The van der Waals surface area contributed by atoms with Gasteiger partial charge in [-0.05, 0) is 79.3 Å². The molecular formula is C28H44N4O7S. The molecule has 1 aromatic carbocycles. The Labute approximate surface area is 237 Å². The molecule has 224 valence electrons. The Hall–Kier alpha value is -2.67. The number of nitrogens with zero attached hydrogens (tertiary/aromatic N) is 3. The highest BCUT2D eigenvalue weighted by Gasteiger charge is 2.31. The molecule has 0 aliphatic carbocycles. The summed E-state index contributed by atoms with van der Waals surface area (Å²) < 4.78 is 46.4. The molecule has 4 atom stereocenters. The van der Waals surface area contributed by atoms with Crippen molar-refractivity contribution in [2.45, 2.75) is 77.0 Å². The molecular weight excluding hydrogens is 536 g/mol. The number of carbonyl (C=O) groups excluding carboxylic acids is 1. The molecule has 0 unspecified atom stereocenters. The molecule has 1 aromatic heterocycles. The Morgan fingerprint density at radius 1 is 1.23 bits per heavy atom. The van der Waals surface area contributed by atoms with Crippen LogP contribution in [0.4, 0.5) is 5.69 Å². The molecule has 2 heterocycles. The summed E-state index contributed by atoms with van der Waals surface area (Å²) in [6, 6.07) is 4.18. The van der Waals surface area contributed by atoms with Crippen LogP contribution in [0.2, 0.25) is 0 Å². The molecule has 3 rings (SSSR count). The number of hydrogen-bond donors (Lipinski definition) is 2. The zero-order chi connectivity index (χ0) is 29.6. The maximum atomic E-state index is 14.1. The fraction of sp³-hybridized carbons (Fsp3) is 0.643. The van der Waals surface area contributed by atoms with Crippen LogP contribution >= 0.6 is 0 Å². The molecule has 2 N–H and O–H groups in total. The maximum absolute atomic E-state index is 14.1. The van der Waals surface area contributed by atoms with Crippen molar-refractivity contribution in [2.75, 3.05) is 45.1 Å². The number of likely N-dealkylation sites (N-methyl/N-ethyl adjacent to an activating group) is 1. The van der Waals surface area contributed by atoms with Gasteiger partial charge >= 0.3 is 0 Å². The first-order valence-electron chi connectivity index (χ1n) is 13.8. The van der Waals surface area contributed by atoms with Gasteiger partial charge < -0.3 is 28.9 Å². The number of hydrogen-bond acceptors (Lipinski definition) is 9. The summed E-state index contributed by atoms with van der Waals surface area (Å²) in [6.45, 7) is 10.3. The number of amides is 1. The number of aromatic nitrogens is 1. The number of fused-ring (bicyclic) bond motifs is 1. The highest BCUT2D eigenvalue weighted by Crippen LogP contribution is 2.30. The Balaban J connectivity index is 2.04. The minimum absolute atomic E-state index is 0.0344. The van der Waals surface area contributed by atoms with Gasteiger partial charge in [0, 0.05) is 31.3 Å². The molecule has 40 heavy (non-hydrogen) atoms. The van der Waals surface area contributed by atoms with Gasteiger partial charge in [-0.2, -0.15) is 0 Å². The molecule has 0 saturated carbocycles. The second kappa shape index (κ2) is 13.8. The number of aliphatic hydroxyl groups excluding tert-OH is 1. The van der Waals surface area contributed by atoms with Gasteiger partial charge in [-0.3, -0.25) is 9.52 Å². The van der Waals surface area contributed by atoms with Gasteiger partial charge in [-0.15, -0.1) is 0 Å². The van der Waals surface area contributed by atoms with E-state index in [4.69, 9.17) is 14.0 Å². The molecule has 2 aromatic rings.